The average Bonchev–Trinajstić information content (AvgIpc) is 3.49. The van der Waals surface area contributed by atoms with Crippen LogP contribution in [0.3, 0.4) is 0 Å². The molecule has 1 amide bonds. The summed E-state index contributed by atoms with van der Waals surface area (Å²) in [5.41, 5.74) is 0.643. The van der Waals surface area contributed by atoms with Crippen LogP contribution in [0.15, 0.2) is 23.0 Å². The molecule has 0 saturated carbocycles. The van der Waals surface area contributed by atoms with Crippen LogP contribution in [-0.2, 0) is 30.7 Å². The average molecular weight is 498 g/mol. The molecule has 1 aliphatic carbocycles. The number of rotatable bonds is 7. The number of amides is 1. The van der Waals surface area contributed by atoms with Crippen molar-refractivity contribution in [3.8, 4) is 5.75 Å². The number of hydrogen-bond acceptors (Lipinski definition) is 8. The summed E-state index contributed by atoms with van der Waals surface area (Å²) in [7, 11) is 1.41. The van der Waals surface area contributed by atoms with Gasteiger partial charge in [0.1, 0.15) is 28.6 Å². The third-order valence-electron chi connectivity index (χ3n) is 6.70. The molecule has 10 nitrogen and oxygen atoms in total. The van der Waals surface area contributed by atoms with E-state index in [1.54, 1.807) is 17.4 Å². The molecule has 1 saturated heterocycles. The van der Waals surface area contributed by atoms with Crippen molar-refractivity contribution in [2.45, 2.75) is 51.6 Å². The number of carbonyl (C=O) groups excluding carboxylic acids is 1. The summed E-state index contributed by atoms with van der Waals surface area (Å²) in [5.74, 6) is 0.353. The maximum Gasteiger partial charge on any atom is 0.296 e. The second kappa shape index (κ2) is 9.74. The lowest BCUT2D eigenvalue weighted by Gasteiger charge is -2.18. The monoisotopic (exact) mass is 497 g/mol. The second-order valence-electron chi connectivity index (χ2n) is 8.98. The lowest BCUT2D eigenvalue weighted by atomic mass is 9.97. The summed E-state index contributed by atoms with van der Waals surface area (Å²) in [6.45, 7) is 2.08. The summed E-state index contributed by atoms with van der Waals surface area (Å²) in [5, 5.41) is 14.7. The molecule has 0 bridgehead atoms. The maximum absolute atomic E-state index is 13.7. The molecule has 1 N–H and O–H groups in total. The van der Waals surface area contributed by atoms with Gasteiger partial charge in [0, 0.05) is 4.88 Å². The predicted molar refractivity (Wildman–Crippen MR) is 133 cm³/mol. The number of nitrogens with zero attached hydrogens (tertiary/aromatic N) is 4. The number of benzene rings is 1. The highest BCUT2D eigenvalue weighted by Gasteiger charge is 2.25. The SMILES string of the molecule is COc1ccc(NC(=O)Cn2c(CN3CCCC3)nc3sc4c(c3c2=O)CCCC4)c([N+](=O)[O-])c1. The zero-order valence-electron chi connectivity index (χ0n) is 19.5. The van der Waals surface area contributed by atoms with Gasteiger partial charge in [0.15, 0.2) is 0 Å². The number of likely N-dealkylation sites (tertiary alicyclic amines) is 1. The Labute approximate surface area is 205 Å². The molecule has 1 aromatic carbocycles. The largest absolute Gasteiger partial charge is 0.496 e. The molecular formula is C24H27N5O5S. The van der Waals surface area contributed by atoms with Crippen molar-refractivity contribution in [1.82, 2.24) is 14.5 Å². The molecule has 0 unspecified atom stereocenters. The Bertz CT molecular complexity index is 1360. The van der Waals surface area contributed by atoms with E-state index < -0.39 is 10.8 Å². The highest BCUT2D eigenvalue weighted by molar-refractivity contribution is 7.18. The highest BCUT2D eigenvalue weighted by atomic mass is 32.1. The Morgan fingerprint density at radius 2 is 2.00 bits per heavy atom. The van der Waals surface area contributed by atoms with Crippen LogP contribution in [0.5, 0.6) is 5.75 Å². The number of aromatic nitrogens is 2. The summed E-state index contributed by atoms with van der Waals surface area (Å²) in [6.07, 6.45) is 6.15. The van der Waals surface area contributed by atoms with Gasteiger partial charge < -0.3 is 10.1 Å². The maximum atomic E-state index is 13.7. The third-order valence-corrected chi connectivity index (χ3v) is 7.88. The molecule has 2 aromatic heterocycles. The molecule has 0 radical (unpaired) electrons. The fraction of sp³-hybridized carbons (Fsp3) is 0.458. The molecule has 0 spiro atoms. The van der Waals surface area contributed by atoms with E-state index in [9.17, 15) is 19.7 Å². The normalized spacial score (nSPS) is 15.8. The molecule has 184 valence electrons. The zero-order chi connectivity index (χ0) is 24.5. The topological polar surface area (TPSA) is 120 Å². The van der Waals surface area contributed by atoms with Crippen molar-refractivity contribution >= 4 is 38.8 Å². The van der Waals surface area contributed by atoms with Gasteiger partial charge in [-0.2, -0.15) is 0 Å². The molecular weight excluding hydrogens is 470 g/mol. The molecule has 35 heavy (non-hydrogen) atoms. The van der Waals surface area contributed by atoms with E-state index >= 15 is 0 Å². The minimum atomic E-state index is -0.575. The van der Waals surface area contributed by atoms with Gasteiger partial charge in [-0.25, -0.2) is 4.98 Å². The van der Waals surface area contributed by atoms with Gasteiger partial charge in [-0.15, -0.1) is 11.3 Å². The number of hydrogen-bond donors (Lipinski definition) is 1. The van der Waals surface area contributed by atoms with E-state index in [2.05, 4.69) is 10.2 Å². The lowest BCUT2D eigenvalue weighted by Crippen LogP contribution is -2.34. The molecule has 0 atom stereocenters. The summed E-state index contributed by atoms with van der Waals surface area (Å²) in [4.78, 5) is 46.8. The van der Waals surface area contributed by atoms with Crippen molar-refractivity contribution in [2.24, 2.45) is 0 Å². The Morgan fingerprint density at radius 3 is 2.74 bits per heavy atom. The number of thiophene rings is 1. The smallest absolute Gasteiger partial charge is 0.296 e. The first-order valence-electron chi connectivity index (χ1n) is 11.8. The third kappa shape index (κ3) is 4.65. The number of nitro benzene ring substituents is 1. The lowest BCUT2D eigenvalue weighted by molar-refractivity contribution is -0.384. The number of aryl methyl sites for hydroxylation is 2. The van der Waals surface area contributed by atoms with E-state index in [4.69, 9.17) is 9.72 Å². The van der Waals surface area contributed by atoms with Crippen LogP contribution in [-0.4, -0.2) is 45.5 Å². The van der Waals surface area contributed by atoms with Crippen molar-refractivity contribution in [2.75, 3.05) is 25.5 Å². The van der Waals surface area contributed by atoms with Crippen LogP contribution in [0.4, 0.5) is 11.4 Å². The first-order valence-corrected chi connectivity index (χ1v) is 12.6. The van der Waals surface area contributed by atoms with Crippen LogP contribution in [0.1, 0.15) is 41.9 Å². The molecule has 1 aliphatic heterocycles. The van der Waals surface area contributed by atoms with Crippen molar-refractivity contribution in [3.05, 3.63) is 54.9 Å². The van der Waals surface area contributed by atoms with Crippen LogP contribution in [0.25, 0.3) is 10.2 Å². The number of ether oxygens (including phenoxy) is 1. The van der Waals surface area contributed by atoms with Crippen LogP contribution < -0.4 is 15.6 Å². The standard InChI is InChI=1S/C24H27N5O5S/c1-34-15-8-9-17(18(12-15)29(32)33)25-21(30)14-28-20(13-27-10-4-5-11-27)26-23-22(24(28)31)16-6-2-3-7-19(16)35-23/h8-9,12H,2-7,10-11,13-14H2,1H3,(H,25,30). The van der Waals surface area contributed by atoms with Gasteiger partial charge >= 0.3 is 0 Å². The fourth-order valence-corrected chi connectivity index (χ4v) is 6.20. The van der Waals surface area contributed by atoms with Crippen LogP contribution in [0.2, 0.25) is 0 Å². The van der Waals surface area contributed by atoms with E-state index in [0.717, 1.165) is 62.0 Å². The summed E-state index contributed by atoms with van der Waals surface area (Å²) in [6, 6.07) is 4.23. The van der Waals surface area contributed by atoms with Gasteiger partial charge in [-0.05, 0) is 69.3 Å². The van der Waals surface area contributed by atoms with Gasteiger partial charge in [0.05, 0.1) is 30.0 Å². The number of nitrogens with one attached hydrogen (secondary N) is 1. The molecule has 3 aromatic rings. The van der Waals surface area contributed by atoms with E-state index in [1.807, 2.05) is 0 Å². The zero-order valence-corrected chi connectivity index (χ0v) is 20.4. The Kier molecular flexibility index (Phi) is 6.52. The molecule has 1 fully saturated rings. The van der Waals surface area contributed by atoms with Crippen LogP contribution in [0, 0.1) is 10.1 Å². The quantitative estimate of drug-likeness (QED) is 0.392. The number of nitro groups is 1. The van der Waals surface area contributed by atoms with Crippen molar-refractivity contribution in [3.63, 3.8) is 0 Å². The van der Waals surface area contributed by atoms with Crippen molar-refractivity contribution in [1.29, 1.82) is 0 Å². The highest BCUT2D eigenvalue weighted by Crippen LogP contribution is 2.34. The number of methoxy groups -OCH3 is 1. The number of carbonyl (C=O) groups is 1. The molecule has 5 rings (SSSR count). The van der Waals surface area contributed by atoms with E-state index in [1.165, 1.54) is 28.7 Å². The van der Waals surface area contributed by atoms with Crippen molar-refractivity contribution < 1.29 is 14.5 Å². The molecule has 11 heteroatoms. The van der Waals surface area contributed by atoms with E-state index in [-0.39, 0.29) is 23.5 Å². The molecule has 2 aliphatic rings. The van der Waals surface area contributed by atoms with Gasteiger partial charge in [-0.3, -0.25) is 29.2 Å². The van der Waals surface area contributed by atoms with Gasteiger partial charge in [0.2, 0.25) is 5.91 Å². The fourth-order valence-electron chi connectivity index (χ4n) is 4.93. The van der Waals surface area contributed by atoms with Gasteiger partial charge in [-0.1, -0.05) is 0 Å². The summed E-state index contributed by atoms with van der Waals surface area (Å²) >= 11 is 1.59. The van der Waals surface area contributed by atoms with Gasteiger partial charge in [0.25, 0.3) is 11.2 Å². The van der Waals surface area contributed by atoms with Crippen LogP contribution >= 0.6 is 11.3 Å². The minimum Gasteiger partial charge on any atom is -0.496 e. The second-order valence-corrected chi connectivity index (χ2v) is 10.1. The Hall–Kier alpha value is -3.31. The minimum absolute atomic E-state index is 0.0527. The first kappa shape index (κ1) is 23.4. The summed E-state index contributed by atoms with van der Waals surface area (Å²) < 4.78 is 6.51. The molecule has 3 heterocycles. The first-order chi connectivity index (χ1) is 16.9. The van der Waals surface area contributed by atoms with E-state index in [0.29, 0.717) is 23.5 Å². The number of anilines is 1. The number of fused-ring (bicyclic) bond motifs is 3. The Balaban J connectivity index is 1.51. The Morgan fingerprint density at radius 1 is 1.23 bits per heavy atom. The predicted octanol–water partition coefficient (Wildman–Crippen LogP) is 3.49.